The van der Waals surface area contributed by atoms with Gasteiger partial charge >= 0.3 is 0 Å². The van der Waals surface area contributed by atoms with Gasteiger partial charge in [-0.2, -0.15) is 0 Å². The van der Waals surface area contributed by atoms with Crippen LogP contribution in [0.1, 0.15) is 19.8 Å². The van der Waals surface area contributed by atoms with Crippen molar-refractivity contribution in [3.8, 4) is 0 Å². The molecule has 3 unspecified atom stereocenters. The Labute approximate surface area is 103 Å². The summed E-state index contributed by atoms with van der Waals surface area (Å²) < 4.78 is 10.4. The molecule has 0 spiro atoms. The van der Waals surface area contributed by atoms with E-state index in [1.807, 2.05) is 6.92 Å². The Morgan fingerprint density at radius 2 is 2.18 bits per heavy atom. The molecule has 2 N–H and O–H groups in total. The molecule has 0 amide bonds. The highest BCUT2D eigenvalue weighted by Crippen LogP contribution is 2.16. The highest BCUT2D eigenvalue weighted by atomic mass is 16.5. The average Bonchev–Trinajstić information content (AvgIpc) is 2.74. The molecule has 1 aliphatic heterocycles. The molecule has 17 heavy (non-hydrogen) atoms. The van der Waals surface area contributed by atoms with Crippen LogP contribution in [-0.4, -0.2) is 73.4 Å². The zero-order valence-corrected chi connectivity index (χ0v) is 10.8. The molecule has 102 valence electrons. The second kappa shape index (κ2) is 8.00. The number of rotatable bonds is 8. The van der Waals surface area contributed by atoms with Crippen LogP contribution < -0.4 is 0 Å². The molecule has 3 atom stereocenters. The molecule has 5 heteroatoms. The topological polar surface area (TPSA) is 62.2 Å². The maximum atomic E-state index is 9.85. The number of methoxy groups -OCH3 is 1. The third-order valence-corrected chi connectivity index (χ3v) is 3.13. The highest BCUT2D eigenvalue weighted by Gasteiger charge is 2.25. The van der Waals surface area contributed by atoms with Crippen molar-refractivity contribution in [1.29, 1.82) is 0 Å². The van der Waals surface area contributed by atoms with E-state index in [0.717, 1.165) is 19.4 Å². The molecule has 0 saturated carbocycles. The SMILES string of the molecule is COCC(C)OCC(O)CN1CCCC1CO. The first-order chi connectivity index (χ1) is 8.17. The molecular weight excluding hydrogens is 222 g/mol. The van der Waals surface area contributed by atoms with Crippen molar-refractivity contribution in [2.45, 2.75) is 38.0 Å². The molecule has 0 aromatic heterocycles. The van der Waals surface area contributed by atoms with E-state index in [-0.39, 0.29) is 18.8 Å². The number of hydrogen-bond acceptors (Lipinski definition) is 5. The number of ether oxygens (including phenoxy) is 2. The van der Waals surface area contributed by atoms with Crippen LogP contribution in [0.5, 0.6) is 0 Å². The lowest BCUT2D eigenvalue weighted by molar-refractivity contribution is -0.0418. The fourth-order valence-electron chi connectivity index (χ4n) is 2.22. The van der Waals surface area contributed by atoms with E-state index < -0.39 is 6.10 Å². The van der Waals surface area contributed by atoms with E-state index >= 15 is 0 Å². The van der Waals surface area contributed by atoms with Gasteiger partial charge in [-0.3, -0.25) is 4.90 Å². The van der Waals surface area contributed by atoms with Gasteiger partial charge < -0.3 is 19.7 Å². The Bertz CT molecular complexity index is 203. The van der Waals surface area contributed by atoms with Crippen molar-refractivity contribution < 1.29 is 19.7 Å². The monoisotopic (exact) mass is 247 g/mol. The fraction of sp³-hybridized carbons (Fsp3) is 1.00. The van der Waals surface area contributed by atoms with Crippen LogP contribution >= 0.6 is 0 Å². The van der Waals surface area contributed by atoms with Gasteiger partial charge in [0.05, 0.1) is 32.0 Å². The Balaban J connectivity index is 2.17. The summed E-state index contributed by atoms with van der Waals surface area (Å²) in [5, 5.41) is 19.0. The van der Waals surface area contributed by atoms with E-state index in [9.17, 15) is 5.11 Å². The Hall–Kier alpha value is -0.200. The average molecular weight is 247 g/mol. The van der Waals surface area contributed by atoms with Crippen LogP contribution in [0.15, 0.2) is 0 Å². The molecule has 0 radical (unpaired) electrons. The number of hydrogen-bond donors (Lipinski definition) is 2. The van der Waals surface area contributed by atoms with Gasteiger partial charge in [0, 0.05) is 19.7 Å². The summed E-state index contributed by atoms with van der Waals surface area (Å²) in [7, 11) is 1.63. The summed E-state index contributed by atoms with van der Waals surface area (Å²) in [5.74, 6) is 0. The minimum atomic E-state index is -0.499. The van der Waals surface area contributed by atoms with Crippen molar-refractivity contribution in [3.63, 3.8) is 0 Å². The van der Waals surface area contributed by atoms with Gasteiger partial charge in [-0.05, 0) is 26.3 Å². The Morgan fingerprint density at radius 1 is 1.41 bits per heavy atom. The Morgan fingerprint density at radius 3 is 2.82 bits per heavy atom. The standard InChI is InChI=1S/C12H25NO4/c1-10(8-16-2)17-9-12(15)6-13-5-3-4-11(13)7-14/h10-12,14-15H,3-9H2,1-2H3. The maximum Gasteiger partial charge on any atom is 0.0900 e. The van der Waals surface area contributed by atoms with Crippen LogP contribution in [0.25, 0.3) is 0 Å². The normalized spacial score (nSPS) is 25.1. The highest BCUT2D eigenvalue weighted by molar-refractivity contribution is 4.80. The summed E-state index contributed by atoms with van der Waals surface area (Å²) in [6, 6.07) is 0.209. The maximum absolute atomic E-state index is 9.85. The fourth-order valence-corrected chi connectivity index (χ4v) is 2.22. The van der Waals surface area contributed by atoms with E-state index in [2.05, 4.69) is 4.90 Å². The van der Waals surface area contributed by atoms with E-state index in [0.29, 0.717) is 19.8 Å². The van der Waals surface area contributed by atoms with Crippen molar-refractivity contribution in [1.82, 2.24) is 4.90 Å². The van der Waals surface area contributed by atoms with E-state index in [1.165, 1.54) is 0 Å². The largest absolute Gasteiger partial charge is 0.395 e. The van der Waals surface area contributed by atoms with Crippen molar-refractivity contribution in [2.24, 2.45) is 0 Å². The van der Waals surface area contributed by atoms with Crippen LogP contribution in [-0.2, 0) is 9.47 Å². The molecule has 1 heterocycles. The summed E-state index contributed by atoms with van der Waals surface area (Å²) in [6.45, 7) is 4.48. The van der Waals surface area contributed by atoms with Crippen LogP contribution in [0, 0.1) is 0 Å². The Kier molecular flexibility index (Phi) is 6.99. The molecule has 0 aromatic carbocycles. The summed E-state index contributed by atoms with van der Waals surface area (Å²) >= 11 is 0. The number of aliphatic hydroxyl groups is 2. The predicted molar refractivity (Wildman–Crippen MR) is 65.0 cm³/mol. The van der Waals surface area contributed by atoms with Crippen molar-refractivity contribution in [2.75, 3.05) is 40.0 Å². The van der Waals surface area contributed by atoms with Gasteiger partial charge in [0.1, 0.15) is 0 Å². The third kappa shape index (κ3) is 5.31. The second-order valence-electron chi connectivity index (χ2n) is 4.73. The molecule has 1 aliphatic rings. The van der Waals surface area contributed by atoms with Gasteiger partial charge in [0.2, 0.25) is 0 Å². The van der Waals surface area contributed by atoms with Crippen molar-refractivity contribution >= 4 is 0 Å². The quantitative estimate of drug-likeness (QED) is 0.625. The first-order valence-electron chi connectivity index (χ1n) is 6.30. The molecular formula is C12H25NO4. The number of likely N-dealkylation sites (tertiary alicyclic amines) is 1. The van der Waals surface area contributed by atoms with E-state index in [4.69, 9.17) is 14.6 Å². The third-order valence-electron chi connectivity index (χ3n) is 3.13. The first-order valence-corrected chi connectivity index (χ1v) is 6.30. The van der Waals surface area contributed by atoms with Gasteiger partial charge in [0.15, 0.2) is 0 Å². The van der Waals surface area contributed by atoms with Gasteiger partial charge in [0.25, 0.3) is 0 Å². The first kappa shape index (κ1) is 14.9. The molecule has 1 rings (SSSR count). The number of aliphatic hydroxyl groups excluding tert-OH is 2. The molecule has 0 aliphatic carbocycles. The zero-order chi connectivity index (χ0) is 12.7. The van der Waals surface area contributed by atoms with Crippen LogP contribution in [0.3, 0.4) is 0 Å². The van der Waals surface area contributed by atoms with Gasteiger partial charge in [-0.25, -0.2) is 0 Å². The van der Waals surface area contributed by atoms with Gasteiger partial charge in [-0.1, -0.05) is 0 Å². The molecule has 5 nitrogen and oxygen atoms in total. The molecule has 1 fully saturated rings. The second-order valence-corrected chi connectivity index (χ2v) is 4.73. The van der Waals surface area contributed by atoms with Crippen LogP contribution in [0.4, 0.5) is 0 Å². The van der Waals surface area contributed by atoms with Gasteiger partial charge in [-0.15, -0.1) is 0 Å². The lowest BCUT2D eigenvalue weighted by Crippen LogP contribution is -2.40. The summed E-state index contributed by atoms with van der Waals surface area (Å²) in [6.07, 6.45) is 1.62. The van der Waals surface area contributed by atoms with Crippen LogP contribution in [0.2, 0.25) is 0 Å². The summed E-state index contributed by atoms with van der Waals surface area (Å²) in [4.78, 5) is 2.13. The summed E-state index contributed by atoms with van der Waals surface area (Å²) in [5.41, 5.74) is 0. The van der Waals surface area contributed by atoms with Crippen molar-refractivity contribution in [3.05, 3.63) is 0 Å². The zero-order valence-electron chi connectivity index (χ0n) is 10.8. The molecule has 1 saturated heterocycles. The number of nitrogens with zero attached hydrogens (tertiary/aromatic N) is 1. The number of β-amino-alcohol motifs (C(OH)–C–C–N with tert-alkyl or cyclic N) is 1. The minimum absolute atomic E-state index is 0.00173. The minimum Gasteiger partial charge on any atom is -0.395 e. The molecule has 0 aromatic rings. The lowest BCUT2D eigenvalue weighted by Gasteiger charge is -2.25. The predicted octanol–water partition coefficient (Wildman–Crippen LogP) is -0.144. The lowest BCUT2D eigenvalue weighted by atomic mass is 10.2. The van der Waals surface area contributed by atoms with E-state index in [1.54, 1.807) is 7.11 Å². The smallest absolute Gasteiger partial charge is 0.0900 e. The molecule has 0 bridgehead atoms.